The normalized spacial score (nSPS) is 14.2. The zero-order valence-corrected chi connectivity index (χ0v) is 31.5. The number of rotatable bonds is 5. The number of thiophene rings is 1. The van der Waals surface area contributed by atoms with E-state index in [1.165, 1.54) is 34.9 Å². The van der Waals surface area contributed by atoms with Crippen molar-refractivity contribution in [3.05, 3.63) is 138 Å². The van der Waals surface area contributed by atoms with E-state index >= 15 is 0 Å². The van der Waals surface area contributed by atoms with Crippen molar-refractivity contribution in [3.63, 3.8) is 0 Å². The summed E-state index contributed by atoms with van der Waals surface area (Å²) in [7, 11) is -1.61. The molecule has 0 aliphatic rings. The summed E-state index contributed by atoms with van der Waals surface area (Å²) in [5, 5.41) is 2.59. The Labute approximate surface area is 312 Å². The molecule has 0 unspecified atom stereocenters. The second-order valence-electron chi connectivity index (χ2n) is 12.7. The van der Waals surface area contributed by atoms with Crippen molar-refractivity contribution in [1.29, 1.82) is 0 Å². The van der Waals surface area contributed by atoms with Gasteiger partial charge in [-0.3, -0.25) is 4.39 Å². The summed E-state index contributed by atoms with van der Waals surface area (Å²) in [6.07, 6.45) is 3.29. The molecule has 0 fully saturated rings. The van der Waals surface area contributed by atoms with Crippen LogP contribution < -0.4 is 5.19 Å². The van der Waals surface area contributed by atoms with E-state index in [1.54, 1.807) is 18.2 Å². The molecule has 0 bridgehead atoms. The number of hydrogen-bond donors (Lipinski definition) is 0. The first-order valence-electron chi connectivity index (χ1n) is 18.8. The molecular formula is C42H39FIrN2SSi-2. The standard InChI is InChI=1S/C24H15FNS.C18H24NSi.Ir/c1-15-14-26-21(13-19(15)16-7-3-2-4-8-16)17-11-12-20(25)23-18-9-5-6-10-22(18)27-24(17)23;1-13(2)16-11-17(15-9-7-14(3)8-10-15)19-12-18(16)20(4,5)6;/h2-10,12-14H,1H3;7-9,11-13H,1-6H3;/q2*-1;/i1D3;3D3,13D;. The van der Waals surface area contributed by atoms with E-state index in [0.717, 1.165) is 37.2 Å². The van der Waals surface area contributed by atoms with Crippen LogP contribution in [0.2, 0.25) is 19.6 Å². The van der Waals surface area contributed by atoms with E-state index in [1.807, 2.05) is 80.7 Å². The number of fused-ring (bicyclic) bond motifs is 3. The summed E-state index contributed by atoms with van der Waals surface area (Å²) >= 11 is 1.49. The molecule has 0 saturated carbocycles. The molecule has 0 aliphatic heterocycles. The van der Waals surface area contributed by atoms with Crippen molar-refractivity contribution in [2.75, 3.05) is 0 Å². The molecule has 48 heavy (non-hydrogen) atoms. The van der Waals surface area contributed by atoms with Crippen LogP contribution in [0.15, 0.2) is 103 Å². The first-order valence-corrected chi connectivity index (χ1v) is 19.7. The van der Waals surface area contributed by atoms with Gasteiger partial charge >= 0.3 is 0 Å². The number of benzene rings is 4. The van der Waals surface area contributed by atoms with Crippen LogP contribution in [0.3, 0.4) is 0 Å². The van der Waals surface area contributed by atoms with Crippen molar-refractivity contribution in [3.8, 4) is 33.6 Å². The van der Waals surface area contributed by atoms with Crippen LogP contribution in [-0.2, 0) is 20.1 Å². The van der Waals surface area contributed by atoms with E-state index in [9.17, 15) is 4.39 Å². The summed E-state index contributed by atoms with van der Waals surface area (Å²) < 4.78 is 70.9. The SMILES string of the molecule is [2H]C([2H])([2H])c1c[c-]c(-c2cc(C([2H])(C)C)c([Si](C)(C)C)cn2)cc1.[2H]C([2H])([2H])c1cnc(-c2[c-]cc(F)c3c2sc2ccccc23)cc1-c1ccccc1.[Ir]. The van der Waals surface area contributed by atoms with Gasteiger partial charge in [0.05, 0.1) is 8.07 Å². The molecule has 3 heterocycles. The summed E-state index contributed by atoms with van der Waals surface area (Å²) in [6.45, 7) is 6.09. The Morgan fingerprint density at radius 1 is 0.854 bits per heavy atom. The molecule has 0 aliphatic carbocycles. The Hall–Kier alpha value is -3.80. The molecule has 3 aromatic heterocycles. The predicted molar refractivity (Wildman–Crippen MR) is 202 cm³/mol. The van der Waals surface area contributed by atoms with Crippen molar-refractivity contribution in [2.45, 2.75) is 53.1 Å². The molecule has 0 N–H and O–H groups in total. The Balaban J connectivity index is 0.000000213. The third kappa shape index (κ3) is 7.43. The molecule has 2 nitrogen and oxygen atoms in total. The number of aryl methyl sites for hydroxylation is 2. The van der Waals surface area contributed by atoms with E-state index in [-0.39, 0.29) is 37.0 Å². The maximum atomic E-state index is 14.7. The summed E-state index contributed by atoms with van der Waals surface area (Å²) in [6, 6.07) is 33.0. The molecule has 0 spiro atoms. The van der Waals surface area contributed by atoms with E-state index in [0.29, 0.717) is 22.2 Å². The summed E-state index contributed by atoms with van der Waals surface area (Å²) in [5.74, 6) is -1.04. The maximum absolute atomic E-state index is 14.7. The maximum Gasteiger partial charge on any atom is 0.0799 e. The van der Waals surface area contributed by atoms with Gasteiger partial charge in [0.2, 0.25) is 0 Å². The quantitative estimate of drug-likeness (QED) is 0.127. The van der Waals surface area contributed by atoms with Gasteiger partial charge < -0.3 is 9.97 Å². The number of aromatic nitrogens is 2. The van der Waals surface area contributed by atoms with Crippen molar-refractivity contribution >= 4 is 44.8 Å². The Bertz CT molecular complexity index is 2450. The average molecular weight is 850 g/mol. The zero-order chi connectivity index (χ0) is 39.2. The molecule has 0 amide bonds. The van der Waals surface area contributed by atoms with Crippen LogP contribution in [0, 0.1) is 31.7 Å². The molecule has 6 heteroatoms. The first-order chi connectivity index (χ1) is 25.2. The van der Waals surface area contributed by atoms with Gasteiger partial charge in [-0.2, -0.15) is 11.3 Å². The van der Waals surface area contributed by atoms with E-state index in [2.05, 4.69) is 41.7 Å². The predicted octanol–water partition coefficient (Wildman–Crippen LogP) is 11.6. The Kier molecular flexibility index (Phi) is 8.32. The number of pyridine rings is 2. The second-order valence-corrected chi connectivity index (χ2v) is 18.7. The van der Waals surface area contributed by atoms with Gasteiger partial charge in [-0.15, -0.1) is 53.1 Å². The molecule has 0 atom stereocenters. The Morgan fingerprint density at radius 2 is 1.60 bits per heavy atom. The van der Waals surface area contributed by atoms with Gasteiger partial charge in [0.25, 0.3) is 0 Å². The van der Waals surface area contributed by atoms with Crippen LogP contribution in [0.1, 0.15) is 46.0 Å². The molecule has 7 rings (SSSR count). The van der Waals surface area contributed by atoms with Crippen molar-refractivity contribution < 1.29 is 34.1 Å². The minimum absolute atomic E-state index is 0. The minimum Gasteiger partial charge on any atom is -0.305 e. The molecule has 1 radical (unpaired) electrons. The fraction of sp³-hybridized carbons (Fsp3) is 0.190. The van der Waals surface area contributed by atoms with Crippen LogP contribution in [0.25, 0.3) is 53.8 Å². The minimum atomic E-state index is -2.30. The zero-order valence-electron chi connectivity index (χ0n) is 34.3. The largest absolute Gasteiger partial charge is 0.305 e. The fourth-order valence-electron chi connectivity index (χ4n) is 5.57. The smallest absolute Gasteiger partial charge is 0.0799 e. The van der Waals surface area contributed by atoms with Gasteiger partial charge in [-0.1, -0.05) is 107 Å². The first kappa shape index (κ1) is 27.1. The molecule has 7 aromatic rings. The van der Waals surface area contributed by atoms with Crippen LogP contribution in [0.5, 0.6) is 0 Å². The van der Waals surface area contributed by atoms with Crippen LogP contribution in [-0.4, -0.2) is 18.0 Å². The van der Waals surface area contributed by atoms with Gasteiger partial charge in [0, 0.05) is 52.6 Å². The monoisotopic (exact) mass is 850 g/mol. The second kappa shape index (κ2) is 14.8. The topological polar surface area (TPSA) is 25.8 Å². The van der Waals surface area contributed by atoms with Crippen molar-refractivity contribution in [1.82, 2.24) is 9.97 Å². The van der Waals surface area contributed by atoms with Crippen LogP contribution >= 0.6 is 11.3 Å². The summed E-state index contributed by atoms with van der Waals surface area (Å²) in [5.41, 5.74) is 5.54. The van der Waals surface area contributed by atoms with Gasteiger partial charge in [-0.05, 0) is 67.5 Å². The van der Waals surface area contributed by atoms with Gasteiger partial charge in [0.15, 0.2) is 0 Å². The van der Waals surface area contributed by atoms with Crippen molar-refractivity contribution in [2.24, 2.45) is 0 Å². The average Bonchev–Trinajstić information content (AvgIpc) is 3.51. The molecule has 0 saturated heterocycles. The molecular weight excluding hydrogens is 804 g/mol. The number of hydrogen-bond acceptors (Lipinski definition) is 3. The van der Waals surface area contributed by atoms with Crippen LogP contribution in [0.4, 0.5) is 4.39 Å². The number of nitrogens with zero attached hydrogens (tertiary/aromatic N) is 2. The molecule has 245 valence electrons. The number of halogens is 1. The van der Waals surface area contributed by atoms with Gasteiger partial charge in [-0.25, -0.2) is 0 Å². The van der Waals surface area contributed by atoms with E-state index < -0.39 is 27.7 Å². The van der Waals surface area contributed by atoms with E-state index in [4.69, 9.17) is 9.60 Å². The molecule has 4 aromatic carbocycles. The third-order valence-electron chi connectivity index (χ3n) is 7.99. The fourth-order valence-corrected chi connectivity index (χ4v) is 8.37. The third-order valence-corrected chi connectivity index (χ3v) is 11.2. The van der Waals surface area contributed by atoms with Gasteiger partial charge in [0.1, 0.15) is 0 Å². The summed E-state index contributed by atoms with van der Waals surface area (Å²) in [4.78, 5) is 9.01. The Morgan fingerprint density at radius 3 is 2.29 bits per heavy atom.